The average Bonchev–Trinajstić information content (AvgIpc) is 2.15. The minimum Gasteiger partial charge on any atom is -0.311 e. The van der Waals surface area contributed by atoms with E-state index in [1.165, 1.54) is 5.56 Å². The van der Waals surface area contributed by atoms with Crippen molar-refractivity contribution < 1.29 is 0 Å². The molecule has 1 rings (SSSR count). The van der Waals surface area contributed by atoms with Gasteiger partial charge in [0, 0.05) is 17.6 Å². The Kier molecular flexibility index (Phi) is 7.49. The lowest BCUT2D eigenvalue weighted by Gasteiger charge is -2.03. The Bertz CT molecular complexity index is 291. The highest BCUT2D eigenvalue weighted by molar-refractivity contribution is 6.30. The van der Waals surface area contributed by atoms with E-state index in [9.17, 15) is 0 Å². The molecule has 0 unspecified atom stereocenters. The maximum absolute atomic E-state index is 5.78. The van der Waals surface area contributed by atoms with E-state index in [2.05, 4.69) is 31.3 Å². The Hall–Kier alpha value is -0.500. The number of hydrogen-bond donors (Lipinski definition) is 1. The highest BCUT2D eigenvalue weighted by Crippen LogP contribution is 2.10. The molecule has 0 atom stereocenters. The van der Waals surface area contributed by atoms with E-state index in [4.69, 9.17) is 11.6 Å². The SMILES string of the molecule is CC(C)NC/C=C/c1ccc(Cl)cc1.Cl. The summed E-state index contributed by atoms with van der Waals surface area (Å²) in [6.45, 7) is 5.17. The van der Waals surface area contributed by atoms with Crippen molar-refractivity contribution in [1.29, 1.82) is 0 Å². The Morgan fingerprint density at radius 2 is 1.87 bits per heavy atom. The van der Waals surface area contributed by atoms with Crippen LogP contribution in [-0.2, 0) is 0 Å². The fraction of sp³-hybridized carbons (Fsp3) is 0.333. The summed E-state index contributed by atoms with van der Waals surface area (Å²) in [6, 6.07) is 8.35. The van der Waals surface area contributed by atoms with Crippen LogP contribution in [0.15, 0.2) is 30.3 Å². The van der Waals surface area contributed by atoms with Crippen molar-refractivity contribution in [2.75, 3.05) is 6.54 Å². The maximum atomic E-state index is 5.78. The topological polar surface area (TPSA) is 12.0 Å². The van der Waals surface area contributed by atoms with Gasteiger partial charge in [-0.3, -0.25) is 0 Å². The van der Waals surface area contributed by atoms with E-state index in [0.29, 0.717) is 6.04 Å². The molecule has 0 radical (unpaired) electrons. The first kappa shape index (κ1) is 14.5. The van der Waals surface area contributed by atoms with Crippen LogP contribution in [0.2, 0.25) is 5.02 Å². The second-order valence-corrected chi connectivity index (χ2v) is 3.95. The van der Waals surface area contributed by atoms with Gasteiger partial charge in [0.25, 0.3) is 0 Å². The highest BCUT2D eigenvalue weighted by Gasteiger charge is 1.88. The summed E-state index contributed by atoms with van der Waals surface area (Å²) in [5, 5.41) is 4.09. The first-order valence-electron chi connectivity index (χ1n) is 4.84. The van der Waals surface area contributed by atoms with Gasteiger partial charge in [-0.15, -0.1) is 12.4 Å². The third-order valence-corrected chi connectivity index (χ3v) is 2.08. The van der Waals surface area contributed by atoms with Gasteiger partial charge >= 0.3 is 0 Å². The summed E-state index contributed by atoms with van der Waals surface area (Å²) in [4.78, 5) is 0. The molecule has 0 aliphatic carbocycles. The second-order valence-electron chi connectivity index (χ2n) is 3.52. The van der Waals surface area contributed by atoms with Crippen LogP contribution in [0.5, 0.6) is 0 Å². The van der Waals surface area contributed by atoms with Crippen LogP contribution in [0, 0.1) is 0 Å². The predicted octanol–water partition coefficient (Wildman–Crippen LogP) is 3.77. The van der Waals surface area contributed by atoms with Gasteiger partial charge in [-0.25, -0.2) is 0 Å². The van der Waals surface area contributed by atoms with E-state index in [0.717, 1.165) is 11.6 Å². The monoisotopic (exact) mass is 245 g/mol. The summed E-state index contributed by atoms with van der Waals surface area (Å²) in [6.07, 6.45) is 4.20. The molecule has 0 aliphatic heterocycles. The molecule has 1 nitrogen and oxygen atoms in total. The number of benzene rings is 1. The van der Waals surface area contributed by atoms with Gasteiger partial charge in [-0.1, -0.05) is 49.7 Å². The lowest BCUT2D eigenvalue weighted by Crippen LogP contribution is -2.22. The van der Waals surface area contributed by atoms with Crippen molar-refractivity contribution in [1.82, 2.24) is 5.32 Å². The molecule has 0 aliphatic rings. The van der Waals surface area contributed by atoms with Gasteiger partial charge in [-0.2, -0.15) is 0 Å². The number of rotatable bonds is 4. The van der Waals surface area contributed by atoms with Crippen LogP contribution in [0.25, 0.3) is 6.08 Å². The van der Waals surface area contributed by atoms with Gasteiger partial charge in [0.1, 0.15) is 0 Å². The molecule has 3 heteroatoms. The first-order valence-corrected chi connectivity index (χ1v) is 5.22. The van der Waals surface area contributed by atoms with Gasteiger partial charge in [-0.05, 0) is 17.7 Å². The van der Waals surface area contributed by atoms with Crippen molar-refractivity contribution >= 4 is 30.1 Å². The second kappa shape index (κ2) is 7.75. The molecule has 0 saturated carbocycles. The Morgan fingerprint density at radius 1 is 1.27 bits per heavy atom. The summed E-state index contributed by atoms with van der Waals surface area (Å²) in [5.74, 6) is 0. The molecule has 1 aromatic rings. The molecular formula is C12H17Cl2N. The van der Waals surface area contributed by atoms with Gasteiger partial charge in [0.05, 0.1) is 0 Å². The maximum Gasteiger partial charge on any atom is 0.0406 e. The quantitative estimate of drug-likeness (QED) is 0.852. The van der Waals surface area contributed by atoms with Crippen molar-refractivity contribution in [3.05, 3.63) is 40.9 Å². The molecule has 84 valence electrons. The minimum absolute atomic E-state index is 0. The zero-order valence-corrected chi connectivity index (χ0v) is 10.6. The van der Waals surface area contributed by atoms with Crippen LogP contribution in [-0.4, -0.2) is 12.6 Å². The van der Waals surface area contributed by atoms with Crippen LogP contribution in [0.1, 0.15) is 19.4 Å². The molecule has 0 spiro atoms. The molecule has 0 amide bonds. The van der Waals surface area contributed by atoms with E-state index in [1.54, 1.807) is 0 Å². The molecule has 0 saturated heterocycles. The van der Waals surface area contributed by atoms with Crippen molar-refractivity contribution in [2.24, 2.45) is 0 Å². The zero-order valence-electron chi connectivity index (χ0n) is 9.03. The number of halogens is 2. The van der Waals surface area contributed by atoms with E-state index < -0.39 is 0 Å². The average molecular weight is 246 g/mol. The lowest BCUT2D eigenvalue weighted by molar-refractivity contribution is 0.633. The highest BCUT2D eigenvalue weighted by atomic mass is 35.5. The smallest absolute Gasteiger partial charge is 0.0406 e. The van der Waals surface area contributed by atoms with Crippen LogP contribution in [0.3, 0.4) is 0 Å². The Balaban J connectivity index is 0.00000196. The van der Waals surface area contributed by atoms with E-state index in [1.807, 2.05) is 24.3 Å². The Labute approximate surface area is 103 Å². The third kappa shape index (κ3) is 6.56. The number of nitrogens with one attached hydrogen (secondary N) is 1. The summed E-state index contributed by atoms with van der Waals surface area (Å²) in [7, 11) is 0. The largest absolute Gasteiger partial charge is 0.311 e. The molecule has 0 heterocycles. The molecule has 0 bridgehead atoms. The molecule has 0 aromatic heterocycles. The summed E-state index contributed by atoms with van der Waals surface area (Å²) >= 11 is 5.78. The molecule has 1 N–H and O–H groups in total. The standard InChI is InChI=1S/C12H16ClN.ClH/c1-10(2)14-9-3-4-11-5-7-12(13)8-6-11;/h3-8,10,14H,9H2,1-2H3;1H/b4-3+;. The van der Waals surface area contributed by atoms with Gasteiger partial charge < -0.3 is 5.32 Å². The van der Waals surface area contributed by atoms with Crippen molar-refractivity contribution in [3.63, 3.8) is 0 Å². The summed E-state index contributed by atoms with van der Waals surface area (Å²) in [5.41, 5.74) is 1.18. The predicted molar refractivity (Wildman–Crippen MR) is 70.9 cm³/mol. The third-order valence-electron chi connectivity index (χ3n) is 1.82. The molecule has 1 aromatic carbocycles. The van der Waals surface area contributed by atoms with E-state index >= 15 is 0 Å². The zero-order chi connectivity index (χ0) is 10.4. The fourth-order valence-corrected chi connectivity index (χ4v) is 1.20. The van der Waals surface area contributed by atoms with Crippen molar-refractivity contribution in [3.8, 4) is 0 Å². The van der Waals surface area contributed by atoms with Crippen LogP contribution in [0.4, 0.5) is 0 Å². The van der Waals surface area contributed by atoms with Crippen molar-refractivity contribution in [2.45, 2.75) is 19.9 Å². The van der Waals surface area contributed by atoms with Crippen LogP contribution >= 0.6 is 24.0 Å². The molecular weight excluding hydrogens is 229 g/mol. The normalized spacial score (nSPS) is 10.7. The van der Waals surface area contributed by atoms with Gasteiger partial charge in [0.15, 0.2) is 0 Å². The summed E-state index contributed by atoms with van der Waals surface area (Å²) < 4.78 is 0. The Morgan fingerprint density at radius 3 is 2.40 bits per heavy atom. The molecule has 0 fully saturated rings. The minimum atomic E-state index is 0. The molecule has 15 heavy (non-hydrogen) atoms. The first-order chi connectivity index (χ1) is 6.68. The van der Waals surface area contributed by atoms with Gasteiger partial charge in [0.2, 0.25) is 0 Å². The van der Waals surface area contributed by atoms with E-state index in [-0.39, 0.29) is 12.4 Å². The number of hydrogen-bond acceptors (Lipinski definition) is 1. The lowest BCUT2D eigenvalue weighted by atomic mass is 10.2. The fourth-order valence-electron chi connectivity index (χ4n) is 1.07. The van der Waals surface area contributed by atoms with Crippen LogP contribution < -0.4 is 5.32 Å².